The van der Waals surface area contributed by atoms with Crippen LogP contribution in [-0.4, -0.2) is 46.9 Å². The Hall–Kier alpha value is -3.54. The van der Waals surface area contributed by atoms with E-state index in [1.54, 1.807) is 32.9 Å². The Balaban J connectivity index is 2.90. The summed E-state index contributed by atoms with van der Waals surface area (Å²) < 4.78 is 9.81. The topological polar surface area (TPSA) is 141 Å². The van der Waals surface area contributed by atoms with E-state index in [0.717, 1.165) is 0 Å². The lowest BCUT2D eigenvalue weighted by atomic mass is 10.1. The molecule has 1 atom stereocenters. The normalized spacial score (nSPS) is 11.9. The van der Waals surface area contributed by atoms with E-state index in [0.29, 0.717) is 11.1 Å². The fraction of sp³-hybridized carbons (Fsp3) is 0.400. The molecule has 0 saturated carbocycles. The molecule has 1 rings (SSSR count). The number of carbonyl (C=O) groups excluding carboxylic acids is 2. The molecule has 0 fully saturated rings. The molecule has 0 unspecified atom stereocenters. The first kappa shape index (κ1) is 23.5. The monoisotopic (exact) mass is 403 g/mol. The number of esters is 1. The van der Waals surface area contributed by atoms with Gasteiger partial charge in [0.25, 0.3) is 0 Å². The number of anilines is 1. The first-order valence-corrected chi connectivity index (χ1v) is 8.72. The second-order valence-corrected chi connectivity index (χ2v) is 6.93. The van der Waals surface area contributed by atoms with Gasteiger partial charge in [-0.2, -0.15) is 0 Å². The Morgan fingerprint density at radius 2 is 2.07 bits per heavy atom. The van der Waals surface area contributed by atoms with Crippen LogP contribution < -0.4 is 11.1 Å². The zero-order valence-corrected chi connectivity index (χ0v) is 16.8. The number of carboxylic acids is 1. The van der Waals surface area contributed by atoms with Gasteiger partial charge < -0.3 is 25.6 Å². The maximum absolute atomic E-state index is 11.9. The Morgan fingerprint density at radius 3 is 2.66 bits per heavy atom. The van der Waals surface area contributed by atoms with Gasteiger partial charge in [0.2, 0.25) is 0 Å². The average molecular weight is 403 g/mol. The van der Waals surface area contributed by atoms with Gasteiger partial charge in [0, 0.05) is 12.6 Å². The molecule has 0 radical (unpaired) electrons. The van der Waals surface area contributed by atoms with Crippen LogP contribution in [0.4, 0.5) is 10.6 Å². The molecule has 9 heteroatoms. The van der Waals surface area contributed by atoms with E-state index >= 15 is 0 Å². The summed E-state index contributed by atoms with van der Waals surface area (Å²) in [7, 11) is 1.20. The summed E-state index contributed by atoms with van der Waals surface area (Å²) in [5.41, 5.74) is 6.12. The fourth-order valence-electron chi connectivity index (χ4n) is 2.01. The van der Waals surface area contributed by atoms with E-state index in [1.807, 2.05) is 0 Å². The van der Waals surface area contributed by atoms with Crippen LogP contribution in [0.3, 0.4) is 0 Å². The quantitative estimate of drug-likeness (QED) is 0.483. The van der Waals surface area contributed by atoms with Crippen molar-refractivity contribution >= 4 is 29.9 Å². The summed E-state index contributed by atoms with van der Waals surface area (Å²) in [6, 6.07) is 0.623. The lowest BCUT2D eigenvalue weighted by Gasteiger charge is -2.21. The Kier molecular flexibility index (Phi) is 8.68. The maximum Gasteiger partial charge on any atom is 0.408 e. The van der Waals surface area contributed by atoms with Crippen molar-refractivity contribution < 1.29 is 29.0 Å². The van der Waals surface area contributed by atoms with Crippen LogP contribution in [0.25, 0.3) is 6.08 Å². The number of methoxy groups -OCH3 is 1. The van der Waals surface area contributed by atoms with Crippen molar-refractivity contribution in [1.29, 1.82) is 0 Å². The molecule has 1 aromatic heterocycles. The molecule has 1 aromatic rings. The van der Waals surface area contributed by atoms with E-state index in [2.05, 4.69) is 26.9 Å². The lowest BCUT2D eigenvalue weighted by molar-refractivity contribution is -0.143. The van der Waals surface area contributed by atoms with Crippen molar-refractivity contribution in [2.24, 2.45) is 0 Å². The van der Waals surface area contributed by atoms with E-state index in [4.69, 9.17) is 15.6 Å². The molecule has 0 aliphatic heterocycles. The lowest BCUT2D eigenvalue weighted by Crippen LogP contribution is -2.43. The first-order valence-electron chi connectivity index (χ1n) is 8.72. The molecule has 0 saturated heterocycles. The molecule has 0 aliphatic carbocycles. The van der Waals surface area contributed by atoms with Gasteiger partial charge in [-0.25, -0.2) is 14.6 Å². The molecule has 156 valence electrons. The minimum absolute atomic E-state index is 0.0373. The second-order valence-electron chi connectivity index (χ2n) is 6.93. The predicted octanol–water partition coefficient (Wildman–Crippen LogP) is 1.96. The van der Waals surface area contributed by atoms with Gasteiger partial charge in [-0.05, 0) is 32.4 Å². The summed E-state index contributed by atoms with van der Waals surface area (Å²) in [6.07, 6.45) is 3.63. The van der Waals surface area contributed by atoms with Crippen molar-refractivity contribution in [2.75, 3.05) is 12.8 Å². The molecule has 29 heavy (non-hydrogen) atoms. The Labute approximate surface area is 169 Å². The number of amides is 1. The van der Waals surface area contributed by atoms with Crippen molar-refractivity contribution in [3.8, 4) is 11.8 Å². The molecule has 4 N–H and O–H groups in total. The number of nitrogens with two attached hydrogens (primary N) is 1. The highest BCUT2D eigenvalue weighted by atomic mass is 16.6. The highest BCUT2D eigenvalue weighted by molar-refractivity contribution is 5.81. The van der Waals surface area contributed by atoms with Crippen LogP contribution in [0.2, 0.25) is 0 Å². The average Bonchev–Trinajstić information content (AvgIpc) is 2.60. The zero-order chi connectivity index (χ0) is 22.0. The third-order valence-corrected chi connectivity index (χ3v) is 3.25. The molecule has 9 nitrogen and oxygen atoms in total. The fourth-order valence-corrected chi connectivity index (χ4v) is 2.01. The SMILES string of the molecule is COC(=O)[C@H](CC#Cc1cc(/C=C/CC(=O)O)cnc1N)NC(=O)OC(C)(C)C. The van der Waals surface area contributed by atoms with Gasteiger partial charge in [0.1, 0.15) is 17.5 Å². The maximum atomic E-state index is 11.9. The van der Waals surface area contributed by atoms with Crippen LogP contribution >= 0.6 is 0 Å². The molecule has 0 aliphatic rings. The number of hydrogen-bond donors (Lipinski definition) is 3. The summed E-state index contributed by atoms with van der Waals surface area (Å²) in [5.74, 6) is 4.13. The van der Waals surface area contributed by atoms with Gasteiger partial charge in [-0.1, -0.05) is 24.0 Å². The number of nitrogens with one attached hydrogen (secondary N) is 1. The predicted molar refractivity (Wildman–Crippen MR) is 107 cm³/mol. The van der Waals surface area contributed by atoms with Gasteiger partial charge in [0.05, 0.1) is 19.1 Å². The summed E-state index contributed by atoms with van der Waals surface area (Å²) in [5, 5.41) is 11.1. The van der Waals surface area contributed by atoms with Crippen molar-refractivity contribution in [3.63, 3.8) is 0 Å². The van der Waals surface area contributed by atoms with Crippen LogP contribution in [0.15, 0.2) is 18.3 Å². The van der Waals surface area contributed by atoms with Crippen molar-refractivity contribution in [2.45, 2.75) is 45.3 Å². The number of nitrogens with zero attached hydrogens (tertiary/aromatic N) is 1. The second kappa shape index (κ2) is 10.7. The summed E-state index contributed by atoms with van der Waals surface area (Å²) in [6.45, 7) is 5.10. The standard InChI is InChI=1S/C20H25N3O6/c1-20(2,3)29-19(27)23-15(18(26)28-4)9-6-8-14-11-13(12-22-17(14)21)7-5-10-16(24)25/h5,7,11-12,15H,9-10H2,1-4H3,(H2,21,22)(H,23,27)(H,24,25)/b7-5+/t15-/m0/s1. The van der Waals surface area contributed by atoms with E-state index < -0.39 is 29.7 Å². The van der Waals surface area contributed by atoms with Crippen LogP contribution in [-0.2, 0) is 19.1 Å². The van der Waals surface area contributed by atoms with E-state index in [-0.39, 0.29) is 18.7 Å². The van der Waals surface area contributed by atoms with Crippen LogP contribution in [0.5, 0.6) is 0 Å². The highest BCUT2D eigenvalue weighted by Crippen LogP contribution is 2.12. The number of carbonyl (C=O) groups is 3. The van der Waals surface area contributed by atoms with E-state index in [9.17, 15) is 14.4 Å². The van der Waals surface area contributed by atoms with Gasteiger partial charge >= 0.3 is 18.0 Å². The number of pyridine rings is 1. The first-order chi connectivity index (χ1) is 13.5. The highest BCUT2D eigenvalue weighted by Gasteiger charge is 2.24. The Morgan fingerprint density at radius 1 is 1.38 bits per heavy atom. The number of aliphatic carboxylic acids is 1. The zero-order valence-electron chi connectivity index (χ0n) is 16.8. The molecule has 0 aromatic carbocycles. The van der Waals surface area contributed by atoms with Crippen molar-refractivity contribution in [1.82, 2.24) is 10.3 Å². The largest absolute Gasteiger partial charge is 0.481 e. The molecular weight excluding hydrogens is 378 g/mol. The third kappa shape index (κ3) is 9.28. The molecule has 0 bridgehead atoms. The number of hydrogen-bond acceptors (Lipinski definition) is 7. The molecule has 1 heterocycles. The number of alkyl carbamates (subject to hydrolysis) is 1. The Bertz CT molecular complexity index is 846. The van der Waals surface area contributed by atoms with Crippen LogP contribution in [0, 0.1) is 11.8 Å². The third-order valence-electron chi connectivity index (χ3n) is 3.25. The number of rotatable bonds is 6. The van der Waals surface area contributed by atoms with Crippen molar-refractivity contribution in [3.05, 3.63) is 29.5 Å². The number of nitrogen functional groups attached to an aromatic ring is 1. The van der Waals surface area contributed by atoms with Crippen LogP contribution in [0.1, 0.15) is 44.7 Å². The minimum Gasteiger partial charge on any atom is -0.481 e. The minimum atomic E-state index is -1.02. The van der Waals surface area contributed by atoms with Gasteiger partial charge in [-0.15, -0.1) is 0 Å². The summed E-state index contributed by atoms with van der Waals surface area (Å²) in [4.78, 5) is 38.4. The van der Waals surface area contributed by atoms with Gasteiger partial charge in [-0.3, -0.25) is 4.79 Å². The molecule has 0 spiro atoms. The summed E-state index contributed by atoms with van der Waals surface area (Å²) >= 11 is 0. The number of ether oxygens (including phenoxy) is 2. The molecular formula is C20H25N3O6. The van der Waals surface area contributed by atoms with E-state index in [1.165, 1.54) is 19.4 Å². The van der Waals surface area contributed by atoms with Gasteiger partial charge in [0.15, 0.2) is 0 Å². The number of carboxylic acid groups (broad SMARTS) is 1. The molecule has 1 amide bonds. The number of aromatic nitrogens is 1. The smallest absolute Gasteiger partial charge is 0.408 e.